The number of amides is 1. The third-order valence-electron chi connectivity index (χ3n) is 4.83. The van der Waals surface area contributed by atoms with Crippen LogP contribution in [0.4, 0.5) is 11.4 Å². The van der Waals surface area contributed by atoms with Crippen LogP contribution in [0.1, 0.15) is 10.4 Å². The van der Waals surface area contributed by atoms with Crippen molar-refractivity contribution in [2.45, 2.75) is 9.79 Å². The molecule has 4 rings (SSSR count). The maximum atomic E-state index is 13.2. The van der Waals surface area contributed by atoms with Gasteiger partial charge in [0.25, 0.3) is 15.9 Å². The number of thioether (sulfide) groups is 1. The fourth-order valence-corrected chi connectivity index (χ4v) is 5.50. The molecule has 0 saturated carbocycles. The molecule has 7 heteroatoms. The minimum Gasteiger partial charge on any atom is -0.306 e. The molecule has 148 valence electrons. The van der Waals surface area contributed by atoms with Gasteiger partial charge in [0.05, 0.1) is 16.3 Å². The summed E-state index contributed by atoms with van der Waals surface area (Å²) < 4.78 is 27.4. The van der Waals surface area contributed by atoms with Gasteiger partial charge in [0, 0.05) is 29.8 Å². The SMILES string of the molecule is CN(c1ccccc1)S(=O)(=O)c1cccc(C(=O)N2CCSc3ccccc32)c1. The lowest BCUT2D eigenvalue weighted by atomic mass is 10.1. The van der Waals surface area contributed by atoms with Crippen LogP contribution in [0.3, 0.4) is 0 Å². The number of hydrogen-bond acceptors (Lipinski definition) is 4. The molecule has 1 aliphatic rings. The zero-order valence-corrected chi connectivity index (χ0v) is 17.5. The van der Waals surface area contributed by atoms with Gasteiger partial charge in [-0.2, -0.15) is 0 Å². The topological polar surface area (TPSA) is 57.7 Å². The summed E-state index contributed by atoms with van der Waals surface area (Å²) in [5.74, 6) is 0.606. The first kappa shape index (κ1) is 19.5. The Labute approximate surface area is 175 Å². The van der Waals surface area contributed by atoms with Gasteiger partial charge in [-0.15, -0.1) is 11.8 Å². The standard InChI is InChI=1S/C22H20N2O3S2/c1-23(18-9-3-2-4-10-18)29(26,27)19-11-7-8-17(16-19)22(25)24-14-15-28-21-13-6-5-12-20(21)24/h2-13,16H,14-15H2,1H3. The Morgan fingerprint density at radius 3 is 2.48 bits per heavy atom. The predicted molar refractivity (Wildman–Crippen MR) is 117 cm³/mol. The number of carbonyl (C=O) groups excluding carboxylic acids is 1. The summed E-state index contributed by atoms with van der Waals surface area (Å²) in [6.45, 7) is 0.585. The maximum Gasteiger partial charge on any atom is 0.264 e. The summed E-state index contributed by atoms with van der Waals surface area (Å²) in [5.41, 5.74) is 1.78. The van der Waals surface area contributed by atoms with Crippen molar-refractivity contribution in [3.8, 4) is 0 Å². The smallest absolute Gasteiger partial charge is 0.264 e. The van der Waals surface area contributed by atoms with E-state index in [4.69, 9.17) is 0 Å². The Balaban J connectivity index is 1.67. The number of hydrogen-bond donors (Lipinski definition) is 0. The monoisotopic (exact) mass is 424 g/mol. The molecule has 1 amide bonds. The van der Waals surface area contributed by atoms with E-state index in [0.29, 0.717) is 17.8 Å². The number of benzene rings is 3. The summed E-state index contributed by atoms with van der Waals surface area (Å²) in [6, 6.07) is 22.9. The number of anilines is 2. The van der Waals surface area contributed by atoms with E-state index in [2.05, 4.69) is 0 Å². The molecular formula is C22H20N2O3S2. The number of para-hydroxylation sites is 2. The van der Waals surface area contributed by atoms with Crippen molar-refractivity contribution < 1.29 is 13.2 Å². The van der Waals surface area contributed by atoms with Crippen molar-refractivity contribution in [1.82, 2.24) is 0 Å². The molecule has 0 spiro atoms. The van der Waals surface area contributed by atoms with E-state index >= 15 is 0 Å². The fourth-order valence-electron chi connectivity index (χ4n) is 3.26. The lowest BCUT2D eigenvalue weighted by Crippen LogP contribution is -2.35. The van der Waals surface area contributed by atoms with Crippen LogP contribution in [0, 0.1) is 0 Å². The minimum absolute atomic E-state index is 0.0920. The second-order valence-electron chi connectivity index (χ2n) is 6.61. The lowest BCUT2D eigenvalue weighted by Gasteiger charge is -2.29. The molecule has 0 aliphatic carbocycles. The van der Waals surface area contributed by atoms with Crippen molar-refractivity contribution in [2.24, 2.45) is 0 Å². The maximum absolute atomic E-state index is 13.2. The number of rotatable bonds is 4. The van der Waals surface area contributed by atoms with Crippen LogP contribution in [-0.2, 0) is 10.0 Å². The van der Waals surface area contributed by atoms with Gasteiger partial charge in [-0.25, -0.2) is 8.42 Å². The summed E-state index contributed by atoms with van der Waals surface area (Å²) in [6.07, 6.45) is 0. The van der Waals surface area contributed by atoms with Crippen molar-refractivity contribution in [3.05, 3.63) is 84.4 Å². The van der Waals surface area contributed by atoms with E-state index < -0.39 is 10.0 Å². The van der Waals surface area contributed by atoms with E-state index in [1.807, 2.05) is 30.3 Å². The molecule has 5 nitrogen and oxygen atoms in total. The highest BCUT2D eigenvalue weighted by Gasteiger charge is 2.26. The van der Waals surface area contributed by atoms with Gasteiger partial charge in [0.1, 0.15) is 0 Å². The Hall–Kier alpha value is -2.77. The normalized spacial score (nSPS) is 13.6. The average Bonchev–Trinajstić information content (AvgIpc) is 2.78. The highest BCUT2D eigenvalue weighted by molar-refractivity contribution is 7.99. The van der Waals surface area contributed by atoms with Crippen LogP contribution in [0.5, 0.6) is 0 Å². The lowest BCUT2D eigenvalue weighted by molar-refractivity contribution is 0.0987. The molecule has 0 fully saturated rings. The molecule has 0 atom stereocenters. The fraction of sp³-hybridized carbons (Fsp3) is 0.136. The largest absolute Gasteiger partial charge is 0.306 e. The minimum atomic E-state index is -3.78. The Morgan fingerprint density at radius 2 is 1.69 bits per heavy atom. The average molecular weight is 425 g/mol. The van der Waals surface area contributed by atoms with Crippen LogP contribution >= 0.6 is 11.8 Å². The second-order valence-corrected chi connectivity index (χ2v) is 9.71. The van der Waals surface area contributed by atoms with Crippen LogP contribution in [-0.4, -0.2) is 33.7 Å². The third-order valence-corrected chi connectivity index (χ3v) is 7.66. The van der Waals surface area contributed by atoms with Crippen LogP contribution in [0.2, 0.25) is 0 Å². The number of nitrogens with zero attached hydrogens (tertiary/aromatic N) is 2. The van der Waals surface area contributed by atoms with Crippen molar-refractivity contribution >= 4 is 39.1 Å². The zero-order valence-electron chi connectivity index (χ0n) is 15.9. The quantitative estimate of drug-likeness (QED) is 0.628. The van der Waals surface area contributed by atoms with Gasteiger partial charge >= 0.3 is 0 Å². The summed E-state index contributed by atoms with van der Waals surface area (Å²) >= 11 is 1.72. The highest BCUT2D eigenvalue weighted by atomic mass is 32.2. The summed E-state index contributed by atoms with van der Waals surface area (Å²) in [5, 5.41) is 0. The van der Waals surface area contributed by atoms with Crippen LogP contribution in [0.15, 0.2) is 88.7 Å². The first-order valence-electron chi connectivity index (χ1n) is 9.16. The molecule has 0 unspecified atom stereocenters. The molecule has 0 saturated heterocycles. The zero-order chi connectivity index (χ0) is 20.4. The number of carbonyl (C=O) groups is 1. The second kappa shape index (κ2) is 7.93. The summed E-state index contributed by atoms with van der Waals surface area (Å²) in [7, 11) is -2.27. The van der Waals surface area contributed by atoms with E-state index in [1.165, 1.54) is 23.5 Å². The molecular weight excluding hydrogens is 404 g/mol. The molecule has 1 aliphatic heterocycles. The molecule has 3 aromatic carbocycles. The Kier molecular flexibility index (Phi) is 5.34. The van der Waals surface area contributed by atoms with Gasteiger partial charge in [0.15, 0.2) is 0 Å². The van der Waals surface area contributed by atoms with Gasteiger partial charge in [-0.05, 0) is 42.5 Å². The Morgan fingerprint density at radius 1 is 0.966 bits per heavy atom. The molecule has 0 N–H and O–H groups in total. The number of fused-ring (bicyclic) bond motifs is 1. The highest BCUT2D eigenvalue weighted by Crippen LogP contribution is 2.35. The van der Waals surface area contributed by atoms with Crippen LogP contribution < -0.4 is 9.21 Å². The molecule has 3 aromatic rings. The van der Waals surface area contributed by atoms with Crippen molar-refractivity contribution in [2.75, 3.05) is 28.6 Å². The third kappa shape index (κ3) is 3.75. The molecule has 1 heterocycles. The number of sulfonamides is 1. The molecule has 0 aromatic heterocycles. The van der Waals surface area contributed by atoms with E-state index in [-0.39, 0.29) is 10.8 Å². The van der Waals surface area contributed by atoms with E-state index in [1.54, 1.807) is 53.1 Å². The molecule has 29 heavy (non-hydrogen) atoms. The van der Waals surface area contributed by atoms with Crippen molar-refractivity contribution in [3.63, 3.8) is 0 Å². The predicted octanol–water partition coefficient (Wildman–Crippen LogP) is 4.26. The first-order chi connectivity index (χ1) is 14.0. The van der Waals surface area contributed by atoms with E-state index in [9.17, 15) is 13.2 Å². The summed E-state index contributed by atoms with van der Waals surface area (Å²) in [4.78, 5) is 16.1. The van der Waals surface area contributed by atoms with Gasteiger partial charge in [-0.1, -0.05) is 36.4 Å². The van der Waals surface area contributed by atoms with Gasteiger partial charge in [-0.3, -0.25) is 9.10 Å². The van der Waals surface area contributed by atoms with Gasteiger partial charge < -0.3 is 4.90 Å². The van der Waals surface area contributed by atoms with Crippen molar-refractivity contribution in [1.29, 1.82) is 0 Å². The Bertz CT molecular complexity index is 1150. The molecule has 0 radical (unpaired) electrons. The van der Waals surface area contributed by atoms with Crippen LogP contribution in [0.25, 0.3) is 0 Å². The van der Waals surface area contributed by atoms with Gasteiger partial charge in [0.2, 0.25) is 0 Å². The first-order valence-corrected chi connectivity index (χ1v) is 11.6. The molecule has 0 bridgehead atoms. The van der Waals surface area contributed by atoms with E-state index in [0.717, 1.165) is 16.3 Å².